The normalized spacial score (nSPS) is 11.7. The lowest BCUT2D eigenvalue weighted by Crippen LogP contribution is -2.36. The molecule has 0 unspecified atom stereocenters. The fraction of sp³-hybridized carbons (Fsp3) is 0.429. The first-order valence-electron chi connectivity index (χ1n) is 6.21. The molecule has 0 radical (unpaired) electrons. The Morgan fingerprint density at radius 1 is 1.37 bits per heavy atom. The second-order valence-electron chi connectivity index (χ2n) is 4.04. The highest BCUT2D eigenvalue weighted by molar-refractivity contribution is 7.98. The molecule has 0 aliphatic rings. The smallest absolute Gasteiger partial charge is 0.340 e. The molecule has 0 heterocycles. The Morgan fingerprint density at radius 2 is 2.05 bits per heavy atom. The first kappa shape index (κ1) is 15.6. The molecule has 19 heavy (non-hydrogen) atoms. The third kappa shape index (κ3) is 4.59. The molecule has 0 aliphatic carbocycles. The van der Waals surface area contributed by atoms with Crippen LogP contribution in [-0.4, -0.2) is 30.8 Å². The van der Waals surface area contributed by atoms with Crippen LogP contribution >= 0.6 is 11.8 Å². The van der Waals surface area contributed by atoms with Crippen LogP contribution in [0.4, 0.5) is 0 Å². The van der Waals surface area contributed by atoms with Crippen LogP contribution in [0.3, 0.4) is 0 Å². The van der Waals surface area contributed by atoms with Gasteiger partial charge in [0, 0.05) is 11.4 Å². The molecule has 1 rings (SSSR count). The fourth-order valence-corrected chi connectivity index (χ4v) is 2.07. The lowest BCUT2D eigenvalue weighted by Gasteiger charge is -2.14. The van der Waals surface area contributed by atoms with Gasteiger partial charge < -0.3 is 10.1 Å². The maximum atomic E-state index is 12.0. The van der Waals surface area contributed by atoms with Gasteiger partial charge in [-0.2, -0.15) is 0 Å². The zero-order chi connectivity index (χ0) is 14.3. The predicted molar refractivity (Wildman–Crippen MR) is 76.4 cm³/mol. The van der Waals surface area contributed by atoms with Crippen molar-refractivity contribution in [2.45, 2.75) is 31.3 Å². The Bertz CT molecular complexity index is 448. The van der Waals surface area contributed by atoms with Crippen molar-refractivity contribution in [2.24, 2.45) is 0 Å². The molecular formula is C14H19NO3S. The summed E-state index contributed by atoms with van der Waals surface area (Å²) in [4.78, 5) is 24.5. The Balaban J connectivity index is 2.66. The standard InChI is InChI=1S/C14H19NO3S/c1-4-9-15-13(16)10(2)18-14(17)11-7-5-6-8-12(11)19-3/h5-8,10H,4,9H2,1-3H3,(H,15,16)/t10-/m1/s1. The van der Waals surface area contributed by atoms with Gasteiger partial charge in [0.2, 0.25) is 0 Å². The van der Waals surface area contributed by atoms with Crippen molar-refractivity contribution in [1.82, 2.24) is 5.32 Å². The molecule has 0 bridgehead atoms. The van der Waals surface area contributed by atoms with Gasteiger partial charge in [0.1, 0.15) is 0 Å². The van der Waals surface area contributed by atoms with Crippen molar-refractivity contribution in [3.05, 3.63) is 29.8 Å². The lowest BCUT2D eigenvalue weighted by molar-refractivity contribution is -0.129. The highest BCUT2D eigenvalue weighted by Gasteiger charge is 2.19. The zero-order valence-electron chi connectivity index (χ0n) is 11.4. The van der Waals surface area contributed by atoms with Gasteiger partial charge >= 0.3 is 5.97 Å². The first-order chi connectivity index (χ1) is 9.10. The van der Waals surface area contributed by atoms with E-state index in [1.165, 1.54) is 11.8 Å². The number of carbonyl (C=O) groups is 2. The van der Waals surface area contributed by atoms with Crippen LogP contribution in [0.15, 0.2) is 29.2 Å². The number of carbonyl (C=O) groups excluding carboxylic acids is 2. The predicted octanol–water partition coefficient (Wildman–Crippen LogP) is 2.48. The molecule has 1 aromatic carbocycles. The minimum Gasteiger partial charge on any atom is -0.449 e. The number of hydrogen-bond donors (Lipinski definition) is 1. The minimum absolute atomic E-state index is 0.267. The van der Waals surface area contributed by atoms with Gasteiger partial charge in [-0.1, -0.05) is 19.1 Å². The third-order valence-electron chi connectivity index (χ3n) is 2.53. The van der Waals surface area contributed by atoms with E-state index in [0.29, 0.717) is 12.1 Å². The van der Waals surface area contributed by atoms with Crippen LogP contribution in [0.5, 0.6) is 0 Å². The number of hydrogen-bond acceptors (Lipinski definition) is 4. The number of thioether (sulfide) groups is 1. The summed E-state index contributed by atoms with van der Waals surface area (Å²) in [5.41, 5.74) is 0.491. The molecular weight excluding hydrogens is 262 g/mol. The Labute approximate surface area is 117 Å². The molecule has 4 nitrogen and oxygen atoms in total. The monoisotopic (exact) mass is 281 g/mol. The van der Waals surface area contributed by atoms with E-state index in [9.17, 15) is 9.59 Å². The summed E-state index contributed by atoms with van der Waals surface area (Å²) in [5, 5.41) is 2.70. The van der Waals surface area contributed by atoms with Crippen molar-refractivity contribution in [2.75, 3.05) is 12.8 Å². The van der Waals surface area contributed by atoms with Gasteiger partial charge in [0.25, 0.3) is 5.91 Å². The Morgan fingerprint density at radius 3 is 2.68 bits per heavy atom. The van der Waals surface area contributed by atoms with Crippen LogP contribution in [0.1, 0.15) is 30.6 Å². The van der Waals surface area contributed by atoms with Crippen molar-refractivity contribution in [3.8, 4) is 0 Å². The first-order valence-corrected chi connectivity index (χ1v) is 7.44. The van der Waals surface area contributed by atoms with E-state index in [4.69, 9.17) is 4.74 Å². The number of amides is 1. The van der Waals surface area contributed by atoms with E-state index in [1.54, 1.807) is 19.1 Å². The highest BCUT2D eigenvalue weighted by Crippen LogP contribution is 2.20. The van der Waals surface area contributed by atoms with Gasteiger partial charge in [0.15, 0.2) is 6.10 Å². The van der Waals surface area contributed by atoms with Crippen molar-refractivity contribution in [1.29, 1.82) is 0 Å². The van der Waals surface area contributed by atoms with Crippen molar-refractivity contribution in [3.63, 3.8) is 0 Å². The number of ether oxygens (including phenoxy) is 1. The van der Waals surface area contributed by atoms with Crippen LogP contribution in [0.25, 0.3) is 0 Å². The molecule has 0 aromatic heterocycles. The Hall–Kier alpha value is -1.49. The van der Waals surface area contributed by atoms with E-state index in [-0.39, 0.29) is 5.91 Å². The fourth-order valence-electron chi connectivity index (χ4n) is 1.48. The van der Waals surface area contributed by atoms with Crippen LogP contribution in [0.2, 0.25) is 0 Å². The van der Waals surface area contributed by atoms with Gasteiger partial charge in [-0.25, -0.2) is 4.79 Å². The van der Waals surface area contributed by atoms with Gasteiger partial charge in [0.05, 0.1) is 5.56 Å². The number of esters is 1. The molecule has 5 heteroatoms. The van der Waals surface area contributed by atoms with E-state index in [1.807, 2.05) is 25.3 Å². The summed E-state index contributed by atoms with van der Waals surface area (Å²) in [7, 11) is 0. The SMILES string of the molecule is CCCNC(=O)[C@@H](C)OC(=O)c1ccccc1SC. The molecule has 1 N–H and O–H groups in total. The van der Waals surface area contributed by atoms with Gasteiger partial charge in [-0.05, 0) is 31.7 Å². The van der Waals surface area contributed by atoms with Gasteiger partial charge in [-0.15, -0.1) is 11.8 Å². The van der Waals surface area contributed by atoms with E-state index in [0.717, 1.165) is 11.3 Å². The maximum Gasteiger partial charge on any atom is 0.340 e. The lowest BCUT2D eigenvalue weighted by atomic mass is 10.2. The second-order valence-corrected chi connectivity index (χ2v) is 4.89. The minimum atomic E-state index is -0.783. The summed E-state index contributed by atoms with van der Waals surface area (Å²) in [5.74, 6) is -0.735. The quantitative estimate of drug-likeness (QED) is 0.643. The zero-order valence-corrected chi connectivity index (χ0v) is 12.3. The number of nitrogens with one attached hydrogen (secondary N) is 1. The molecule has 0 aliphatic heterocycles. The summed E-state index contributed by atoms with van der Waals surface area (Å²) in [6.45, 7) is 4.12. The maximum absolute atomic E-state index is 12.0. The molecule has 1 aromatic rings. The molecule has 0 fully saturated rings. The van der Waals surface area contributed by atoms with Crippen molar-refractivity contribution < 1.29 is 14.3 Å². The highest BCUT2D eigenvalue weighted by atomic mass is 32.2. The average Bonchev–Trinajstić information content (AvgIpc) is 2.44. The summed E-state index contributed by atoms with van der Waals surface area (Å²) >= 11 is 1.47. The third-order valence-corrected chi connectivity index (χ3v) is 3.32. The number of rotatable bonds is 6. The van der Waals surface area contributed by atoms with E-state index >= 15 is 0 Å². The molecule has 0 saturated carbocycles. The van der Waals surface area contributed by atoms with Crippen molar-refractivity contribution >= 4 is 23.6 Å². The summed E-state index contributed by atoms with van der Waals surface area (Å²) < 4.78 is 5.17. The van der Waals surface area contributed by atoms with E-state index in [2.05, 4.69) is 5.32 Å². The molecule has 0 spiro atoms. The molecule has 104 valence electrons. The molecule has 0 saturated heterocycles. The summed E-state index contributed by atoms with van der Waals surface area (Å²) in [6.07, 6.45) is 1.96. The largest absolute Gasteiger partial charge is 0.449 e. The van der Waals surface area contributed by atoms with Gasteiger partial charge in [-0.3, -0.25) is 4.79 Å². The van der Waals surface area contributed by atoms with Crippen LogP contribution < -0.4 is 5.32 Å². The van der Waals surface area contributed by atoms with Crippen LogP contribution in [-0.2, 0) is 9.53 Å². The Kier molecular flexibility index (Phi) is 6.42. The second kappa shape index (κ2) is 7.84. The number of benzene rings is 1. The van der Waals surface area contributed by atoms with E-state index < -0.39 is 12.1 Å². The topological polar surface area (TPSA) is 55.4 Å². The molecule has 1 atom stereocenters. The average molecular weight is 281 g/mol. The molecule has 1 amide bonds. The van der Waals surface area contributed by atoms with Crippen LogP contribution in [0, 0.1) is 0 Å². The summed E-state index contributed by atoms with van der Waals surface area (Å²) in [6, 6.07) is 7.19.